The van der Waals surface area contributed by atoms with Crippen molar-refractivity contribution in [3.05, 3.63) is 33.8 Å². The maximum atomic E-state index is 11.2. The molecule has 0 bridgehead atoms. The normalized spacial score (nSPS) is 19.5. The first-order valence-corrected chi connectivity index (χ1v) is 6.26. The Morgan fingerprint density at radius 3 is 2.85 bits per heavy atom. The molecule has 1 aromatic carbocycles. The monoisotopic (exact) mass is 261 g/mol. The van der Waals surface area contributed by atoms with Gasteiger partial charge >= 0.3 is 0 Å². The van der Waals surface area contributed by atoms with Crippen molar-refractivity contribution < 1.29 is 8.42 Å². The molecule has 13 heavy (non-hydrogen) atoms. The van der Waals surface area contributed by atoms with Gasteiger partial charge in [-0.15, -0.1) is 0 Å². The van der Waals surface area contributed by atoms with E-state index in [1.54, 1.807) is 0 Å². The van der Waals surface area contributed by atoms with Gasteiger partial charge in [-0.25, -0.2) is 13.1 Å². The first-order chi connectivity index (χ1) is 6.07. The number of benzene rings is 1. The predicted octanol–water partition coefficient (Wildman–Crippen LogP) is 1.38. The summed E-state index contributed by atoms with van der Waals surface area (Å²) in [6, 6.07) is 5.70. The molecule has 0 saturated carbocycles. The molecule has 0 amide bonds. The van der Waals surface area contributed by atoms with E-state index in [2.05, 4.69) is 20.7 Å². The predicted molar refractivity (Wildman–Crippen MR) is 53.6 cm³/mol. The molecule has 1 heterocycles. The van der Waals surface area contributed by atoms with E-state index in [1.807, 2.05) is 18.2 Å². The molecule has 1 aliphatic rings. The van der Waals surface area contributed by atoms with Crippen molar-refractivity contribution in [2.24, 2.45) is 0 Å². The van der Waals surface area contributed by atoms with Gasteiger partial charge < -0.3 is 0 Å². The number of nitrogens with one attached hydrogen (secondary N) is 1. The Morgan fingerprint density at radius 1 is 1.31 bits per heavy atom. The van der Waals surface area contributed by atoms with Gasteiger partial charge in [0.2, 0.25) is 10.0 Å². The fourth-order valence-corrected chi connectivity index (χ4v) is 2.91. The molecule has 0 atom stereocenters. The third kappa shape index (κ3) is 1.92. The topological polar surface area (TPSA) is 46.2 Å². The second-order valence-corrected chi connectivity index (χ2v) is 5.72. The Morgan fingerprint density at radius 2 is 2.08 bits per heavy atom. The van der Waals surface area contributed by atoms with E-state index in [1.165, 1.54) is 0 Å². The number of rotatable bonds is 0. The lowest BCUT2D eigenvalue weighted by Gasteiger charge is -2.17. The fraction of sp³-hybridized carbons (Fsp3) is 0.250. The number of halogens is 1. The number of fused-ring (bicyclic) bond motifs is 1. The molecule has 0 fully saturated rings. The van der Waals surface area contributed by atoms with Crippen LogP contribution < -0.4 is 4.72 Å². The molecule has 0 radical (unpaired) electrons. The van der Waals surface area contributed by atoms with Gasteiger partial charge in [0.1, 0.15) is 0 Å². The van der Waals surface area contributed by atoms with Gasteiger partial charge in [-0.05, 0) is 23.3 Å². The van der Waals surface area contributed by atoms with E-state index in [0.29, 0.717) is 6.54 Å². The van der Waals surface area contributed by atoms with Gasteiger partial charge in [-0.3, -0.25) is 0 Å². The standard InChI is InChI=1S/C8H8BrNO2S/c9-8-2-1-6-4-10-13(11,12)5-7(6)3-8/h1-3,10H,4-5H2. The number of hydrogen-bond acceptors (Lipinski definition) is 2. The first kappa shape index (κ1) is 9.18. The SMILES string of the molecule is O=S1(=O)Cc2cc(Br)ccc2CN1. The van der Waals surface area contributed by atoms with Gasteiger partial charge in [0.15, 0.2) is 0 Å². The van der Waals surface area contributed by atoms with E-state index in [0.717, 1.165) is 15.6 Å². The average molecular weight is 262 g/mol. The maximum Gasteiger partial charge on any atom is 0.216 e. The van der Waals surface area contributed by atoms with Crippen molar-refractivity contribution in [1.82, 2.24) is 4.72 Å². The molecule has 1 aromatic rings. The summed E-state index contributed by atoms with van der Waals surface area (Å²) in [5, 5.41) is 0. The smallest absolute Gasteiger partial charge is 0.212 e. The van der Waals surface area contributed by atoms with Crippen LogP contribution in [0.2, 0.25) is 0 Å². The van der Waals surface area contributed by atoms with Crippen LogP contribution in [0.1, 0.15) is 11.1 Å². The first-order valence-electron chi connectivity index (χ1n) is 3.81. The highest BCUT2D eigenvalue weighted by atomic mass is 79.9. The molecule has 5 heteroatoms. The zero-order valence-electron chi connectivity index (χ0n) is 6.75. The van der Waals surface area contributed by atoms with E-state index >= 15 is 0 Å². The summed E-state index contributed by atoms with van der Waals surface area (Å²) in [7, 11) is -3.08. The van der Waals surface area contributed by atoms with Crippen molar-refractivity contribution in [3.8, 4) is 0 Å². The Kier molecular flexibility index (Phi) is 2.17. The van der Waals surface area contributed by atoms with Gasteiger partial charge in [0.05, 0.1) is 5.75 Å². The largest absolute Gasteiger partial charge is 0.216 e. The highest BCUT2D eigenvalue weighted by molar-refractivity contribution is 9.10. The van der Waals surface area contributed by atoms with Crippen LogP contribution in [0.25, 0.3) is 0 Å². The molecule has 3 nitrogen and oxygen atoms in total. The summed E-state index contributed by atoms with van der Waals surface area (Å²) < 4.78 is 25.8. The Labute approximate surface area is 85.3 Å². The third-order valence-corrected chi connectivity index (χ3v) is 3.76. The van der Waals surface area contributed by atoms with Crippen LogP contribution in [-0.2, 0) is 22.3 Å². The lowest BCUT2D eigenvalue weighted by atomic mass is 10.1. The van der Waals surface area contributed by atoms with Crippen LogP contribution in [0.3, 0.4) is 0 Å². The average Bonchev–Trinajstić information content (AvgIpc) is 2.01. The van der Waals surface area contributed by atoms with E-state index in [4.69, 9.17) is 0 Å². The second kappa shape index (κ2) is 3.08. The van der Waals surface area contributed by atoms with Gasteiger partial charge in [-0.2, -0.15) is 0 Å². The Balaban J connectivity index is 2.50. The molecule has 70 valence electrons. The minimum Gasteiger partial charge on any atom is -0.212 e. The summed E-state index contributed by atoms with van der Waals surface area (Å²) in [5.74, 6) is 0.0851. The molecule has 0 unspecified atom stereocenters. The summed E-state index contributed by atoms with van der Waals surface area (Å²) in [6.45, 7) is 0.408. The van der Waals surface area contributed by atoms with Crippen molar-refractivity contribution in [1.29, 1.82) is 0 Å². The Bertz CT molecular complexity index is 441. The highest BCUT2D eigenvalue weighted by Crippen LogP contribution is 2.21. The second-order valence-electron chi connectivity index (χ2n) is 2.99. The Hall–Kier alpha value is -0.390. The van der Waals surface area contributed by atoms with Crippen LogP contribution >= 0.6 is 15.9 Å². The van der Waals surface area contributed by atoms with E-state index in [-0.39, 0.29) is 5.75 Å². The summed E-state index contributed by atoms with van der Waals surface area (Å²) in [6.07, 6.45) is 0. The molecule has 0 saturated heterocycles. The number of sulfonamides is 1. The van der Waals surface area contributed by atoms with Crippen molar-refractivity contribution in [3.63, 3.8) is 0 Å². The van der Waals surface area contributed by atoms with Crippen LogP contribution in [-0.4, -0.2) is 8.42 Å². The van der Waals surface area contributed by atoms with Crippen LogP contribution in [0.15, 0.2) is 22.7 Å². The molecule has 0 aromatic heterocycles. The quantitative estimate of drug-likeness (QED) is 0.767. The molecule has 0 spiro atoms. The summed E-state index contributed by atoms with van der Waals surface area (Å²) in [5.41, 5.74) is 1.94. The van der Waals surface area contributed by atoms with Crippen LogP contribution in [0.5, 0.6) is 0 Å². The van der Waals surface area contributed by atoms with Gasteiger partial charge in [-0.1, -0.05) is 22.0 Å². The molecule has 1 N–H and O–H groups in total. The molecular formula is C8H8BrNO2S. The summed E-state index contributed by atoms with van der Waals surface area (Å²) >= 11 is 3.31. The van der Waals surface area contributed by atoms with Crippen LogP contribution in [0.4, 0.5) is 0 Å². The van der Waals surface area contributed by atoms with Crippen molar-refractivity contribution in [2.45, 2.75) is 12.3 Å². The molecular weight excluding hydrogens is 254 g/mol. The van der Waals surface area contributed by atoms with Crippen molar-refractivity contribution >= 4 is 26.0 Å². The summed E-state index contributed by atoms with van der Waals surface area (Å²) in [4.78, 5) is 0. The lowest BCUT2D eigenvalue weighted by Crippen LogP contribution is -2.30. The van der Waals surface area contributed by atoms with Crippen LogP contribution in [0, 0.1) is 0 Å². The van der Waals surface area contributed by atoms with E-state index < -0.39 is 10.0 Å². The van der Waals surface area contributed by atoms with E-state index in [9.17, 15) is 8.42 Å². The molecule has 1 aliphatic heterocycles. The zero-order valence-corrected chi connectivity index (χ0v) is 9.15. The van der Waals surface area contributed by atoms with Gasteiger partial charge in [0.25, 0.3) is 0 Å². The highest BCUT2D eigenvalue weighted by Gasteiger charge is 2.19. The fourth-order valence-electron chi connectivity index (χ4n) is 1.34. The number of hydrogen-bond donors (Lipinski definition) is 1. The maximum absolute atomic E-state index is 11.2. The zero-order chi connectivity index (χ0) is 9.47. The molecule has 0 aliphatic carbocycles. The third-order valence-electron chi connectivity index (χ3n) is 2.00. The molecule has 2 rings (SSSR count). The minimum atomic E-state index is -3.08. The lowest BCUT2D eigenvalue weighted by molar-refractivity contribution is 0.575. The van der Waals surface area contributed by atoms with Gasteiger partial charge in [0, 0.05) is 11.0 Å². The van der Waals surface area contributed by atoms with Crippen molar-refractivity contribution in [2.75, 3.05) is 0 Å². The minimum absolute atomic E-state index is 0.0851.